The zero-order valence-electron chi connectivity index (χ0n) is 15.6. The highest BCUT2D eigenvalue weighted by Gasteiger charge is 2.07. The minimum absolute atomic E-state index is 0.251. The van der Waals surface area contributed by atoms with Crippen molar-refractivity contribution in [2.24, 2.45) is 5.92 Å². The van der Waals surface area contributed by atoms with E-state index in [1.165, 1.54) is 23.0 Å². The first-order chi connectivity index (χ1) is 13.4. The van der Waals surface area contributed by atoms with Crippen LogP contribution in [0.2, 0.25) is 10.0 Å². The molecule has 0 fully saturated rings. The van der Waals surface area contributed by atoms with Crippen molar-refractivity contribution < 1.29 is 4.79 Å². The lowest BCUT2D eigenvalue weighted by atomic mass is 10.0. The molecule has 144 valence electrons. The first-order valence-corrected chi connectivity index (χ1v) is 10.5. The third-order valence-corrected chi connectivity index (χ3v) is 5.50. The molecule has 0 atom stereocenters. The molecule has 0 saturated heterocycles. The van der Waals surface area contributed by atoms with Crippen LogP contribution in [0.4, 0.5) is 5.13 Å². The maximum atomic E-state index is 12.1. The van der Waals surface area contributed by atoms with Gasteiger partial charge in [0.15, 0.2) is 5.13 Å². The zero-order valence-corrected chi connectivity index (χ0v) is 17.9. The average molecular weight is 431 g/mol. The van der Waals surface area contributed by atoms with E-state index in [4.69, 9.17) is 23.2 Å². The average Bonchev–Trinajstić information content (AvgIpc) is 3.11. The molecular weight excluding hydrogens is 411 g/mol. The number of amides is 1. The summed E-state index contributed by atoms with van der Waals surface area (Å²) in [6.45, 7) is 4.42. The van der Waals surface area contributed by atoms with Crippen LogP contribution in [0.25, 0.3) is 17.3 Å². The van der Waals surface area contributed by atoms with Crippen LogP contribution in [0.3, 0.4) is 0 Å². The normalized spacial score (nSPS) is 11.3. The van der Waals surface area contributed by atoms with Crippen molar-refractivity contribution in [3.8, 4) is 11.3 Å². The van der Waals surface area contributed by atoms with Crippen LogP contribution in [0.5, 0.6) is 0 Å². The number of carbonyl (C=O) groups is 1. The van der Waals surface area contributed by atoms with Crippen LogP contribution in [0.15, 0.2) is 53.9 Å². The van der Waals surface area contributed by atoms with E-state index in [0.717, 1.165) is 23.2 Å². The van der Waals surface area contributed by atoms with Crippen LogP contribution in [-0.2, 0) is 11.2 Å². The minimum Gasteiger partial charge on any atom is -0.298 e. The van der Waals surface area contributed by atoms with E-state index < -0.39 is 0 Å². The predicted octanol–water partition coefficient (Wildman–Crippen LogP) is 6.97. The summed E-state index contributed by atoms with van der Waals surface area (Å²) in [6.07, 6.45) is 4.19. The molecule has 0 aliphatic heterocycles. The molecule has 3 aromatic rings. The molecule has 0 bridgehead atoms. The van der Waals surface area contributed by atoms with Crippen molar-refractivity contribution in [3.63, 3.8) is 0 Å². The highest BCUT2D eigenvalue weighted by atomic mass is 35.5. The SMILES string of the molecule is CC(C)Cc1ccc(-c2csc(NC(=O)C=Cc3ccc(Cl)c(Cl)c3)n2)cc1. The van der Waals surface area contributed by atoms with E-state index in [1.807, 2.05) is 5.38 Å². The maximum absolute atomic E-state index is 12.1. The number of nitrogens with one attached hydrogen (secondary N) is 1. The molecule has 2 aromatic carbocycles. The zero-order chi connectivity index (χ0) is 20.1. The summed E-state index contributed by atoms with van der Waals surface area (Å²) in [5.74, 6) is 0.378. The fourth-order valence-corrected chi connectivity index (χ4v) is 3.71. The molecule has 0 spiro atoms. The lowest BCUT2D eigenvalue weighted by Gasteiger charge is -2.05. The standard InChI is InChI=1S/C22H20Cl2N2OS/c1-14(2)11-15-3-7-17(8-4-15)20-13-28-22(25-20)26-21(27)10-6-16-5-9-18(23)19(24)12-16/h3-10,12-14H,11H2,1-2H3,(H,25,26,27). The maximum Gasteiger partial charge on any atom is 0.250 e. The van der Waals surface area contributed by atoms with Crippen molar-refractivity contribution in [3.05, 3.63) is 75.1 Å². The van der Waals surface area contributed by atoms with Gasteiger partial charge in [-0.3, -0.25) is 10.1 Å². The van der Waals surface area contributed by atoms with Crippen molar-refractivity contribution >= 4 is 51.7 Å². The van der Waals surface area contributed by atoms with Gasteiger partial charge < -0.3 is 0 Å². The molecular formula is C22H20Cl2N2OS. The van der Waals surface area contributed by atoms with Gasteiger partial charge in [-0.2, -0.15) is 0 Å². The van der Waals surface area contributed by atoms with E-state index in [9.17, 15) is 4.79 Å². The Kier molecular flexibility index (Phi) is 6.89. The van der Waals surface area contributed by atoms with Gasteiger partial charge in [-0.25, -0.2) is 4.98 Å². The smallest absolute Gasteiger partial charge is 0.250 e. The van der Waals surface area contributed by atoms with Gasteiger partial charge in [0.2, 0.25) is 5.91 Å². The second kappa shape index (κ2) is 9.37. The topological polar surface area (TPSA) is 42.0 Å². The molecule has 28 heavy (non-hydrogen) atoms. The van der Waals surface area contributed by atoms with E-state index in [1.54, 1.807) is 24.3 Å². The predicted molar refractivity (Wildman–Crippen MR) is 120 cm³/mol. The number of anilines is 1. The summed E-state index contributed by atoms with van der Waals surface area (Å²) in [6, 6.07) is 13.6. The van der Waals surface area contributed by atoms with Gasteiger partial charge in [-0.1, -0.05) is 67.4 Å². The number of carbonyl (C=O) groups excluding carboxylic acids is 1. The number of thiazole rings is 1. The number of benzene rings is 2. The van der Waals surface area contributed by atoms with E-state index in [0.29, 0.717) is 21.1 Å². The van der Waals surface area contributed by atoms with Crippen molar-refractivity contribution in [2.45, 2.75) is 20.3 Å². The quantitative estimate of drug-likeness (QED) is 0.429. The third kappa shape index (κ3) is 5.68. The Morgan fingerprint density at radius 2 is 1.89 bits per heavy atom. The lowest BCUT2D eigenvalue weighted by Crippen LogP contribution is -2.07. The Bertz CT molecular complexity index is 994. The fraction of sp³-hybridized carbons (Fsp3) is 0.182. The molecule has 6 heteroatoms. The number of hydrogen-bond acceptors (Lipinski definition) is 3. The molecule has 0 saturated carbocycles. The van der Waals surface area contributed by atoms with E-state index >= 15 is 0 Å². The Balaban J connectivity index is 1.62. The van der Waals surface area contributed by atoms with Gasteiger partial charge in [0, 0.05) is 17.0 Å². The van der Waals surface area contributed by atoms with Crippen LogP contribution in [0.1, 0.15) is 25.0 Å². The van der Waals surface area contributed by atoms with Crippen LogP contribution >= 0.6 is 34.5 Å². The van der Waals surface area contributed by atoms with E-state index in [-0.39, 0.29) is 5.91 Å². The fourth-order valence-electron chi connectivity index (χ4n) is 2.68. The molecule has 3 nitrogen and oxygen atoms in total. The Morgan fingerprint density at radius 1 is 1.14 bits per heavy atom. The molecule has 1 heterocycles. The molecule has 3 rings (SSSR count). The lowest BCUT2D eigenvalue weighted by molar-refractivity contribution is -0.111. The van der Waals surface area contributed by atoms with Gasteiger partial charge in [-0.15, -0.1) is 11.3 Å². The van der Waals surface area contributed by atoms with Gasteiger partial charge in [-0.05, 0) is 41.7 Å². The Morgan fingerprint density at radius 3 is 2.57 bits per heavy atom. The van der Waals surface area contributed by atoms with Crippen LogP contribution < -0.4 is 5.32 Å². The Labute approximate surface area is 179 Å². The highest BCUT2D eigenvalue weighted by molar-refractivity contribution is 7.14. The number of nitrogens with zero attached hydrogens (tertiary/aromatic N) is 1. The summed E-state index contributed by atoms with van der Waals surface area (Å²) in [5, 5.41) is 6.22. The van der Waals surface area contributed by atoms with Gasteiger partial charge in [0.1, 0.15) is 0 Å². The van der Waals surface area contributed by atoms with Gasteiger partial charge in [0.25, 0.3) is 0 Å². The molecule has 1 aromatic heterocycles. The van der Waals surface area contributed by atoms with Gasteiger partial charge >= 0.3 is 0 Å². The monoisotopic (exact) mass is 430 g/mol. The number of hydrogen-bond donors (Lipinski definition) is 1. The van der Waals surface area contributed by atoms with Crippen molar-refractivity contribution in [1.29, 1.82) is 0 Å². The summed E-state index contributed by atoms with van der Waals surface area (Å²) in [7, 11) is 0. The molecule has 1 N–H and O–H groups in total. The molecule has 1 amide bonds. The summed E-state index contributed by atoms with van der Waals surface area (Å²) in [5.41, 5.74) is 4.00. The summed E-state index contributed by atoms with van der Waals surface area (Å²) in [4.78, 5) is 16.6. The molecule has 0 aliphatic carbocycles. The van der Waals surface area contributed by atoms with Crippen LogP contribution in [0, 0.1) is 5.92 Å². The summed E-state index contributed by atoms with van der Waals surface area (Å²) >= 11 is 13.3. The highest BCUT2D eigenvalue weighted by Crippen LogP contribution is 2.26. The minimum atomic E-state index is -0.251. The largest absolute Gasteiger partial charge is 0.298 e. The third-order valence-electron chi connectivity index (χ3n) is 4.00. The molecule has 0 aliphatic rings. The molecule has 0 radical (unpaired) electrons. The van der Waals surface area contributed by atoms with E-state index in [2.05, 4.69) is 48.4 Å². The van der Waals surface area contributed by atoms with Crippen molar-refractivity contribution in [1.82, 2.24) is 4.98 Å². The number of halogens is 2. The second-order valence-electron chi connectivity index (χ2n) is 6.83. The first-order valence-electron chi connectivity index (χ1n) is 8.89. The van der Waals surface area contributed by atoms with Crippen LogP contribution in [-0.4, -0.2) is 10.9 Å². The van der Waals surface area contributed by atoms with Gasteiger partial charge in [0.05, 0.1) is 15.7 Å². The Hall–Kier alpha value is -2.14. The summed E-state index contributed by atoms with van der Waals surface area (Å²) < 4.78 is 0. The molecule has 0 unspecified atom stereocenters. The van der Waals surface area contributed by atoms with Crippen molar-refractivity contribution in [2.75, 3.05) is 5.32 Å². The number of aromatic nitrogens is 1. The second-order valence-corrected chi connectivity index (χ2v) is 8.50. The number of rotatable bonds is 6. The first kappa shape index (κ1) is 20.6.